The van der Waals surface area contributed by atoms with E-state index >= 15 is 0 Å². The summed E-state index contributed by atoms with van der Waals surface area (Å²) in [6, 6.07) is 9.75. The molecule has 100 valence electrons. The van der Waals surface area contributed by atoms with Crippen LogP contribution in [0.2, 0.25) is 0 Å². The molecule has 2 rings (SSSR count). The Hall–Kier alpha value is -0.860. The van der Waals surface area contributed by atoms with Gasteiger partial charge in [-0.15, -0.1) is 0 Å². The van der Waals surface area contributed by atoms with Gasteiger partial charge in [-0.05, 0) is 50.6 Å². The van der Waals surface area contributed by atoms with Gasteiger partial charge in [0.1, 0.15) is 0 Å². The summed E-state index contributed by atoms with van der Waals surface area (Å²) in [6.45, 7) is 4.17. The van der Waals surface area contributed by atoms with Gasteiger partial charge in [0, 0.05) is 19.8 Å². The first-order valence-corrected chi connectivity index (χ1v) is 7.08. The average Bonchev–Trinajstić information content (AvgIpc) is 2.33. The van der Waals surface area contributed by atoms with E-state index in [1.165, 1.54) is 30.4 Å². The maximum absolute atomic E-state index is 5.05. The molecule has 2 nitrogen and oxygen atoms in total. The minimum absolute atomic E-state index is 0.735. The fourth-order valence-electron chi connectivity index (χ4n) is 2.57. The number of rotatable bonds is 7. The molecule has 0 saturated heterocycles. The first-order chi connectivity index (χ1) is 8.79. The predicted octanol–water partition coefficient (Wildman–Crippen LogP) is 3.26. The third-order valence-corrected chi connectivity index (χ3v) is 3.90. The fraction of sp³-hybridized carbons (Fsp3) is 0.625. The summed E-state index contributed by atoms with van der Waals surface area (Å²) in [7, 11) is 1.77. The molecule has 1 fully saturated rings. The van der Waals surface area contributed by atoms with Crippen molar-refractivity contribution >= 4 is 0 Å². The van der Waals surface area contributed by atoms with E-state index in [-0.39, 0.29) is 0 Å². The molecule has 0 amide bonds. The lowest BCUT2D eigenvalue weighted by Gasteiger charge is -2.36. The van der Waals surface area contributed by atoms with Gasteiger partial charge in [-0.3, -0.25) is 0 Å². The second kappa shape index (κ2) is 6.91. The number of unbranched alkanes of at least 4 members (excludes halogenated alkanes) is 1. The molecule has 0 bridgehead atoms. The Morgan fingerprint density at radius 3 is 2.56 bits per heavy atom. The first kappa shape index (κ1) is 13.6. The maximum Gasteiger partial charge on any atom is 0.0462 e. The highest BCUT2D eigenvalue weighted by molar-refractivity contribution is 5.26. The number of aryl methyl sites for hydroxylation is 1. The Bertz CT molecular complexity index is 341. The summed E-state index contributed by atoms with van der Waals surface area (Å²) in [4.78, 5) is 0. The maximum atomic E-state index is 5.05. The zero-order chi connectivity index (χ0) is 12.8. The van der Waals surface area contributed by atoms with Gasteiger partial charge < -0.3 is 10.1 Å². The quantitative estimate of drug-likeness (QED) is 0.747. The second-order valence-corrected chi connectivity index (χ2v) is 5.43. The molecule has 1 N–H and O–H groups in total. The molecule has 0 spiro atoms. The van der Waals surface area contributed by atoms with Crippen LogP contribution in [0.3, 0.4) is 0 Å². The largest absolute Gasteiger partial charge is 0.385 e. The lowest BCUT2D eigenvalue weighted by Crippen LogP contribution is -2.40. The average molecular weight is 247 g/mol. The van der Waals surface area contributed by atoms with Crippen LogP contribution in [-0.4, -0.2) is 26.3 Å². The number of benzene rings is 1. The van der Waals surface area contributed by atoms with E-state index < -0.39 is 0 Å². The molecule has 0 heterocycles. The van der Waals surface area contributed by atoms with E-state index in [9.17, 15) is 0 Å². The van der Waals surface area contributed by atoms with Gasteiger partial charge >= 0.3 is 0 Å². The van der Waals surface area contributed by atoms with E-state index in [0.717, 1.165) is 31.5 Å². The van der Waals surface area contributed by atoms with Crippen molar-refractivity contribution in [2.75, 3.05) is 20.3 Å². The summed E-state index contributed by atoms with van der Waals surface area (Å²) in [5.41, 5.74) is 2.86. The summed E-state index contributed by atoms with van der Waals surface area (Å²) in [5, 5.41) is 3.63. The summed E-state index contributed by atoms with van der Waals surface area (Å²) >= 11 is 0. The third-order valence-electron chi connectivity index (χ3n) is 3.90. The van der Waals surface area contributed by atoms with Crippen LogP contribution in [-0.2, 0) is 4.74 Å². The SMILES string of the molecule is COCCCCNC1CC(c2ccc(C)cc2)C1. The van der Waals surface area contributed by atoms with Gasteiger partial charge in [-0.2, -0.15) is 0 Å². The number of nitrogens with one attached hydrogen (secondary N) is 1. The van der Waals surface area contributed by atoms with Crippen LogP contribution in [0.5, 0.6) is 0 Å². The standard InChI is InChI=1S/C16H25NO/c1-13-5-7-14(8-6-13)15-11-16(12-15)17-9-3-4-10-18-2/h5-8,15-17H,3-4,9-12H2,1-2H3. The molecule has 0 unspecified atom stereocenters. The molecular weight excluding hydrogens is 222 g/mol. The van der Waals surface area contributed by atoms with Gasteiger partial charge in [0.2, 0.25) is 0 Å². The van der Waals surface area contributed by atoms with Crippen molar-refractivity contribution in [2.24, 2.45) is 0 Å². The van der Waals surface area contributed by atoms with Crippen molar-refractivity contribution in [1.29, 1.82) is 0 Å². The molecule has 0 aliphatic heterocycles. The molecule has 2 heteroatoms. The zero-order valence-corrected chi connectivity index (χ0v) is 11.6. The molecule has 0 atom stereocenters. The Morgan fingerprint density at radius 1 is 1.17 bits per heavy atom. The normalized spacial score (nSPS) is 22.8. The van der Waals surface area contributed by atoms with Gasteiger partial charge in [-0.25, -0.2) is 0 Å². The molecular formula is C16H25NO. The van der Waals surface area contributed by atoms with Crippen LogP contribution in [0, 0.1) is 6.92 Å². The number of ether oxygens (including phenoxy) is 1. The summed E-state index contributed by atoms with van der Waals surface area (Å²) in [5.74, 6) is 0.780. The molecule has 1 aromatic rings. The van der Waals surface area contributed by atoms with Crippen molar-refractivity contribution in [3.8, 4) is 0 Å². The Kier molecular flexibility index (Phi) is 5.21. The van der Waals surface area contributed by atoms with Crippen molar-refractivity contribution < 1.29 is 4.74 Å². The second-order valence-electron chi connectivity index (χ2n) is 5.43. The van der Waals surface area contributed by atoms with Crippen molar-refractivity contribution in [3.63, 3.8) is 0 Å². The third kappa shape index (κ3) is 3.82. The number of hydrogen-bond donors (Lipinski definition) is 1. The van der Waals surface area contributed by atoms with Crippen LogP contribution in [0.1, 0.15) is 42.7 Å². The predicted molar refractivity (Wildman–Crippen MR) is 76.1 cm³/mol. The Morgan fingerprint density at radius 2 is 1.89 bits per heavy atom. The van der Waals surface area contributed by atoms with Crippen molar-refractivity contribution in [3.05, 3.63) is 35.4 Å². The molecule has 18 heavy (non-hydrogen) atoms. The van der Waals surface area contributed by atoms with Crippen LogP contribution >= 0.6 is 0 Å². The van der Waals surface area contributed by atoms with Gasteiger partial charge in [0.05, 0.1) is 0 Å². The van der Waals surface area contributed by atoms with E-state index in [2.05, 4.69) is 36.5 Å². The molecule has 0 aromatic heterocycles. The van der Waals surface area contributed by atoms with E-state index in [4.69, 9.17) is 4.74 Å². The minimum Gasteiger partial charge on any atom is -0.385 e. The number of hydrogen-bond acceptors (Lipinski definition) is 2. The molecule has 0 radical (unpaired) electrons. The van der Waals surface area contributed by atoms with Crippen molar-refractivity contribution in [2.45, 2.75) is 44.6 Å². The van der Waals surface area contributed by atoms with E-state index in [1.54, 1.807) is 7.11 Å². The fourth-order valence-corrected chi connectivity index (χ4v) is 2.57. The Balaban J connectivity index is 1.60. The number of methoxy groups -OCH3 is 1. The van der Waals surface area contributed by atoms with E-state index in [1.807, 2.05) is 0 Å². The van der Waals surface area contributed by atoms with Gasteiger partial charge in [0.15, 0.2) is 0 Å². The Labute approximate surface area is 111 Å². The van der Waals surface area contributed by atoms with Crippen LogP contribution in [0.25, 0.3) is 0 Å². The lowest BCUT2D eigenvalue weighted by atomic mass is 9.76. The monoisotopic (exact) mass is 247 g/mol. The van der Waals surface area contributed by atoms with Crippen LogP contribution in [0.15, 0.2) is 24.3 Å². The molecule has 1 aliphatic carbocycles. The smallest absolute Gasteiger partial charge is 0.0462 e. The van der Waals surface area contributed by atoms with E-state index in [0.29, 0.717) is 0 Å². The van der Waals surface area contributed by atoms with Crippen LogP contribution < -0.4 is 5.32 Å². The summed E-state index contributed by atoms with van der Waals surface area (Å²) in [6.07, 6.45) is 4.98. The van der Waals surface area contributed by atoms with Crippen LogP contribution in [0.4, 0.5) is 0 Å². The highest BCUT2D eigenvalue weighted by atomic mass is 16.5. The highest BCUT2D eigenvalue weighted by Crippen LogP contribution is 2.36. The zero-order valence-electron chi connectivity index (χ0n) is 11.6. The minimum atomic E-state index is 0.735. The molecule has 1 aromatic carbocycles. The molecule has 1 aliphatic rings. The van der Waals surface area contributed by atoms with Crippen molar-refractivity contribution in [1.82, 2.24) is 5.32 Å². The van der Waals surface area contributed by atoms with Gasteiger partial charge in [-0.1, -0.05) is 29.8 Å². The lowest BCUT2D eigenvalue weighted by molar-refractivity contribution is 0.191. The topological polar surface area (TPSA) is 21.3 Å². The summed E-state index contributed by atoms with van der Waals surface area (Å²) < 4.78 is 5.05. The first-order valence-electron chi connectivity index (χ1n) is 7.08. The highest BCUT2D eigenvalue weighted by Gasteiger charge is 2.29. The molecule has 1 saturated carbocycles. The van der Waals surface area contributed by atoms with Gasteiger partial charge in [0.25, 0.3) is 0 Å².